The number of fused-ring (bicyclic) bond motifs is 1. The second kappa shape index (κ2) is 16.5. The molecule has 4 fully saturated rings. The molecule has 6 amide bonds. The Morgan fingerprint density at radius 1 is 0.831 bits per heavy atom. The van der Waals surface area contributed by atoms with E-state index < -0.39 is 35.5 Å². The van der Waals surface area contributed by atoms with Gasteiger partial charge in [-0.05, 0) is 93.6 Å². The fourth-order valence-electron chi connectivity index (χ4n) is 9.11. The van der Waals surface area contributed by atoms with Crippen LogP contribution in [0.15, 0.2) is 54.6 Å². The van der Waals surface area contributed by atoms with E-state index in [4.69, 9.17) is 11.6 Å². The van der Waals surface area contributed by atoms with Gasteiger partial charge in [0.05, 0.1) is 27.4 Å². The molecule has 59 heavy (non-hydrogen) atoms. The molecule has 5 aliphatic heterocycles. The first kappa shape index (κ1) is 40.1. The third-order valence-corrected chi connectivity index (χ3v) is 12.8. The van der Waals surface area contributed by atoms with Crippen LogP contribution < -0.4 is 25.3 Å². The molecule has 14 nitrogen and oxygen atoms in total. The maximum atomic E-state index is 15.5. The van der Waals surface area contributed by atoms with Crippen LogP contribution in [0.5, 0.6) is 0 Å². The maximum absolute atomic E-state index is 15.5. The van der Waals surface area contributed by atoms with Gasteiger partial charge in [-0.3, -0.25) is 34.3 Å². The lowest BCUT2D eigenvalue weighted by Crippen LogP contribution is -2.59. The number of amides is 6. The number of rotatable bonds is 7. The van der Waals surface area contributed by atoms with Crippen molar-refractivity contribution in [1.82, 2.24) is 20.0 Å². The molecular weight excluding hydrogens is 777 g/mol. The SMILES string of the molecule is C[C@@H]1CN(c2ccc(C#N)c(Cl)c2)[C@@H](C)CN1C(=O)Nc1ccc(N2CCC(CN3CCN(c4ccc5c(c4)C(=O)N(C4CCC(=O)NC4=O)C5=O)CC3)CC2)cc1F. The summed E-state index contributed by atoms with van der Waals surface area (Å²) in [6, 6.07) is 16.2. The summed E-state index contributed by atoms with van der Waals surface area (Å²) in [6.45, 7) is 10.8. The van der Waals surface area contributed by atoms with E-state index in [-0.39, 0.29) is 47.8 Å². The molecule has 3 aromatic rings. The Hall–Kier alpha value is -5.72. The number of nitrogens with zero attached hydrogens (tertiary/aromatic N) is 7. The first-order chi connectivity index (χ1) is 28.4. The molecule has 16 heteroatoms. The highest BCUT2D eigenvalue weighted by Gasteiger charge is 2.45. The number of piperazine rings is 2. The van der Waals surface area contributed by atoms with E-state index >= 15 is 4.39 Å². The Kier molecular flexibility index (Phi) is 11.2. The van der Waals surface area contributed by atoms with Gasteiger partial charge in [0.2, 0.25) is 11.8 Å². The summed E-state index contributed by atoms with van der Waals surface area (Å²) in [5.74, 6) is -2.01. The minimum atomic E-state index is -0.989. The number of hydrogen-bond acceptors (Lipinski definition) is 10. The molecule has 308 valence electrons. The van der Waals surface area contributed by atoms with E-state index in [2.05, 4.69) is 36.3 Å². The first-order valence-electron chi connectivity index (χ1n) is 20.3. The summed E-state index contributed by atoms with van der Waals surface area (Å²) in [5, 5.41) is 14.6. The molecular formula is C43H47ClFN9O5. The Balaban J connectivity index is 0.792. The van der Waals surface area contributed by atoms with Gasteiger partial charge in [0, 0.05) is 94.5 Å². The predicted molar refractivity (Wildman–Crippen MR) is 221 cm³/mol. The molecule has 0 radical (unpaired) electrons. The second-order valence-corrected chi connectivity index (χ2v) is 16.7. The standard InChI is InChI=1S/C43H47ClFN9O5/c1-26-24-53(27(2)23-52(26)32-4-3-29(22-46)35(44)20-32)43(59)47-37-8-6-31(21-36(37)45)50-13-11-28(12-14-50)25-49-15-17-51(18-16-49)30-5-7-33-34(19-30)42(58)54(41(33)57)38-9-10-39(55)48-40(38)56/h3-8,19-21,26-28,38H,9-18,23-25H2,1-2H3,(H,47,59)(H,48,55,56)/t26-,27+,38?/m0/s1. The van der Waals surface area contributed by atoms with Crippen LogP contribution in [0.3, 0.4) is 0 Å². The van der Waals surface area contributed by atoms with Gasteiger partial charge in [0.25, 0.3) is 11.8 Å². The van der Waals surface area contributed by atoms with Crippen LogP contribution in [-0.2, 0) is 9.59 Å². The quantitative estimate of drug-likeness (QED) is 0.314. The third kappa shape index (κ3) is 8.03. The molecule has 3 atom stereocenters. The number of piperidine rings is 2. The zero-order valence-corrected chi connectivity index (χ0v) is 33.9. The van der Waals surface area contributed by atoms with Gasteiger partial charge < -0.3 is 24.9 Å². The fraction of sp³-hybridized carbons (Fsp3) is 0.442. The Morgan fingerprint density at radius 2 is 1.51 bits per heavy atom. The number of anilines is 4. The van der Waals surface area contributed by atoms with E-state index in [1.165, 1.54) is 6.07 Å². The lowest BCUT2D eigenvalue weighted by molar-refractivity contribution is -0.136. The number of halogens is 2. The van der Waals surface area contributed by atoms with Crippen molar-refractivity contribution in [3.8, 4) is 6.07 Å². The number of carbonyl (C=O) groups excluding carboxylic acids is 5. The average Bonchev–Trinajstić information content (AvgIpc) is 3.47. The lowest BCUT2D eigenvalue weighted by atomic mass is 9.95. The van der Waals surface area contributed by atoms with Crippen molar-refractivity contribution in [2.75, 3.05) is 78.9 Å². The van der Waals surface area contributed by atoms with Gasteiger partial charge in [0.1, 0.15) is 17.9 Å². The van der Waals surface area contributed by atoms with Crippen molar-refractivity contribution in [1.29, 1.82) is 5.26 Å². The van der Waals surface area contributed by atoms with Crippen molar-refractivity contribution >= 4 is 64.0 Å². The number of nitriles is 1. The summed E-state index contributed by atoms with van der Waals surface area (Å²) >= 11 is 6.29. The molecule has 0 aromatic heterocycles. The topological polar surface area (TPSA) is 153 Å². The number of urea groups is 1. The minimum Gasteiger partial charge on any atom is -0.371 e. The highest BCUT2D eigenvalue weighted by molar-refractivity contribution is 6.32. The van der Waals surface area contributed by atoms with Crippen molar-refractivity contribution in [3.05, 3.63) is 82.1 Å². The number of carbonyl (C=O) groups is 5. The highest BCUT2D eigenvalue weighted by Crippen LogP contribution is 2.33. The first-order valence-corrected chi connectivity index (χ1v) is 20.7. The van der Waals surface area contributed by atoms with E-state index in [1.807, 2.05) is 32.0 Å². The molecule has 0 bridgehead atoms. The van der Waals surface area contributed by atoms with Crippen molar-refractivity contribution in [3.63, 3.8) is 0 Å². The third-order valence-electron chi connectivity index (χ3n) is 12.5. The average molecular weight is 824 g/mol. The normalized spacial score (nSPS) is 23.0. The van der Waals surface area contributed by atoms with Crippen LogP contribution in [0.25, 0.3) is 0 Å². The smallest absolute Gasteiger partial charge is 0.322 e. The second-order valence-electron chi connectivity index (χ2n) is 16.3. The largest absolute Gasteiger partial charge is 0.371 e. The molecule has 0 saturated carbocycles. The van der Waals surface area contributed by atoms with Crippen molar-refractivity contribution in [2.45, 2.75) is 57.7 Å². The van der Waals surface area contributed by atoms with Crippen LogP contribution in [0.4, 0.5) is 31.9 Å². The lowest BCUT2D eigenvalue weighted by Gasteiger charge is -2.45. The monoisotopic (exact) mass is 823 g/mol. The van der Waals surface area contributed by atoms with Gasteiger partial charge in [-0.2, -0.15) is 5.26 Å². The summed E-state index contributed by atoms with van der Waals surface area (Å²) < 4.78 is 15.5. The van der Waals surface area contributed by atoms with Gasteiger partial charge in [-0.25, -0.2) is 9.18 Å². The molecule has 1 unspecified atom stereocenters. The van der Waals surface area contributed by atoms with E-state index in [0.717, 1.165) is 80.6 Å². The summed E-state index contributed by atoms with van der Waals surface area (Å²) in [5.41, 5.74) is 3.65. The Labute approximate surface area is 347 Å². The van der Waals surface area contributed by atoms with Crippen LogP contribution in [0.2, 0.25) is 5.02 Å². The number of hydrogen-bond donors (Lipinski definition) is 2. The van der Waals surface area contributed by atoms with Crippen LogP contribution >= 0.6 is 11.6 Å². The maximum Gasteiger partial charge on any atom is 0.322 e. The van der Waals surface area contributed by atoms with E-state index in [1.54, 1.807) is 35.2 Å². The van der Waals surface area contributed by atoms with Gasteiger partial charge >= 0.3 is 6.03 Å². The molecule has 8 rings (SSSR count). The highest BCUT2D eigenvalue weighted by atomic mass is 35.5. The van der Waals surface area contributed by atoms with Crippen LogP contribution in [0, 0.1) is 23.1 Å². The molecule has 0 spiro atoms. The summed E-state index contributed by atoms with van der Waals surface area (Å²) in [6.07, 6.45) is 2.15. The minimum absolute atomic E-state index is 0.0266. The number of imide groups is 2. The summed E-state index contributed by atoms with van der Waals surface area (Å²) in [7, 11) is 0. The summed E-state index contributed by atoms with van der Waals surface area (Å²) in [4.78, 5) is 75.6. The molecule has 5 aliphatic rings. The fourth-order valence-corrected chi connectivity index (χ4v) is 9.33. The van der Waals surface area contributed by atoms with Gasteiger partial charge in [-0.15, -0.1) is 0 Å². The predicted octanol–water partition coefficient (Wildman–Crippen LogP) is 4.92. The van der Waals surface area contributed by atoms with Gasteiger partial charge in [-0.1, -0.05) is 11.6 Å². The van der Waals surface area contributed by atoms with E-state index in [9.17, 15) is 29.2 Å². The number of benzene rings is 3. The molecule has 5 heterocycles. The van der Waals surface area contributed by atoms with Gasteiger partial charge in [0.15, 0.2) is 0 Å². The molecule has 2 N–H and O–H groups in total. The van der Waals surface area contributed by atoms with Crippen LogP contribution in [0.1, 0.15) is 65.8 Å². The molecule has 4 saturated heterocycles. The number of nitrogens with one attached hydrogen (secondary N) is 2. The molecule has 3 aromatic carbocycles. The van der Waals surface area contributed by atoms with Crippen molar-refractivity contribution < 1.29 is 28.4 Å². The Morgan fingerprint density at radius 3 is 2.20 bits per heavy atom. The molecule has 0 aliphatic carbocycles. The zero-order chi connectivity index (χ0) is 41.5. The zero-order valence-electron chi connectivity index (χ0n) is 33.1. The van der Waals surface area contributed by atoms with Crippen molar-refractivity contribution in [2.24, 2.45) is 5.92 Å². The van der Waals surface area contributed by atoms with Crippen LogP contribution in [-0.4, -0.2) is 121 Å². The Bertz CT molecular complexity index is 2230. The van der Waals surface area contributed by atoms with E-state index in [0.29, 0.717) is 29.6 Å².